The smallest absolute Gasteiger partial charge is 0.211 e. The van der Waals surface area contributed by atoms with Crippen molar-refractivity contribution in [3.63, 3.8) is 0 Å². The van der Waals surface area contributed by atoms with Crippen molar-refractivity contribution in [3.8, 4) is 0 Å². The van der Waals surface area contributed by atoms with Gasteiger partial charge in [-0.05, 0) is 55.9 Å². The van der Waals surface area contributed by atoms with Crippen LogP contribution >= 0.6 is 24.0 Å². The third kappa shape index (κ3) is 6.64. The summed E-state index contributed by atoms with van der Waals surface area (Å²) in [4.78, 5) is 4.21. The van der Waals surface area contributed by atoms with E-state index in [4.69, 9.17) is 5.73 Å². The number of guanidine groups is 1. The summed E-state index contributed by atoms with van der Waals surface area (Å²) in [6.07, 6.45) is 4.12. The number of aliphatic imine (C=N–C) groups is 1. The molecule has 0 aromatic heterocycles. The topological polar surface area (TPSA) is 96.6 Å². The van der Waals surface area contributed by atoms with Gasteiger partial charge in [0.2, 0.25) is 10.0 Å². The number of sulfonamides is 1. The van der Waals surface area contributed by atoms with Crippen LogP contribution in [0.15, 0.2) is 23.2 Å². The molecular weight excluding hydrogens is 427 g/mol. The van der Waals surface area contributed by atoms with Crippen molar-refractivity contribution in [1.82, 2.24) is 4.72 Å². The van der Waals surface area contributed by atoms with Gasteiger partial charge in [-0.2, -0.15) is 0 Å². The second-order valence-corrected chi connectivity index (χ2v) is 7.48. The maximum absolute atomic E-state index is 11.2. The number of hydrogen-bond donors (Lipinski definition) is 3. The normalized spacial score (nSPS) is 14.2. The van der Waals surface area contributed by atoms with Gasteiger partial charge in [-0.25, -0.2) is 13.1 Å². The predicted molar refractivity (Wildman–Crippen MR) is 106 cm³/mol. The molecule has 0 saturated carbocycles. The van der Waals surface area contributed by atoms with Crippen molar-refractivity contribution in [2.24, 2.45) is 10.7 Å². The number of anilines is 1. The van der Waals surface area contributed by atoms with Crippen molar-refractivity contribution in [1.29, 1.82) is 0 Å². The zero-order valence-corrected chi connectivity index (χ0v) is 16.5. The molecule has 1 aliphatic rings. The van der Waals surface area contributed by atoms with E-state index < -0.39 is 10.0 Å². The third-order valence-electron chi connectivity index (χ3n) is 3.69. The highest BCUT2D eigenvalue weighted by Crippen LogP contribution is 2.24. The van der Waals surface area contributed by atoms with Crippen molar-refractivity contribution in [2.45, 2.75) is 32.6 Å². The molecule has 130 valence electrons. The minimum absolute atomic E-state index is 0. The van der Waals surface area contributed by atoms with Crippen LogP contribution in [-0.2, 0) is 22.9 Å². The summed E-state index contributed by atoms with van der Waals surface area (Å²) >= 11 is 0. The van der Waals surface area contributed by atoms with E-state index in [-0.39, 0.29) is 29.7 Å². The molecule has 0 saturated heterocycles. The molecule has 1 aromatic rings. The zero-order chi connectivity index (χ0) is 16.0. The van der Waals surface area contributed by atoms with Crippen molar-refractivity contribution in [2.75, 3.05) is 24.2 Å². The van der Waals surface area contributed by atoms with E-state index in [2.05, 4.69) is 27.2 Å². The molecule has 1 aromatic carbocycles. The van der Waals surface area contributed by atoms with Crippen LogP contribution in [0.25, 0.3) is 0 Å². The SMILES string of the molecule is CCS(=O)(=O)NCCCN=C(N)Nc1ccc2c(c1)CCC2.I. The highest BCUT2D eigenvalue weighted by Gasteiger charge is 2.10. The van der Waals surface area contributed by atoms with Gasteiger partial charge in [0.05, 0.1) is 5.75 Å². The first kappa shape index (κ1) is 20.2. The summed E-state index contributed by atoms with van der Waals surface area (Å²) < 4.78 is 25.0. The number of nitrogens with zero attached hydrogens (tertiary/aromatic N) is 1. The minimum Gasteiger partial charge on any atom is -0.370 e. The summed E-state index contributed by atoms with van der Waals surface area (Å²) in [6, 6.07) is 6.28. The number of hydrogen-bond acceptors (Lipinski definition) is 3. The monoisotopic (exact) mass is 452 g/mol. The number of fused-ring (bicyclic) bond motifs is 1. The molecule has 0 fully saturated rings. The van der Waals surface area contributed by atoms with Gasteiger partial charge in [0.25, 0.3) is 0 Å². The summed E-state index contributed by atoms with van der Waals surface area (Å²) in [5.41, 5.74) is 9.60. The van der Waals surface area contributed by atoms with Crippen LogP contribution in [0.3, 0.4) is 0 Å². The molecule has 4 N–H and O–H groups in total. The van der Waals surface area contributed by atoms with Crippen LogP contribution in [0, 0.1) is 0 Å². The first-order valence-electron chi connectivity index (χ1n) is 7.66. The van der Waals surface area contributed by atoms with Gasteiger partial charge >= 0.3 is 0 Å². The summed E-state index contributed by atoms with van der Waals surface area (Å²) in [6.45, 7) is 2.47. The lowest BCUT2D eigenvalue weighted by atomic mass is 10.1. The molecule has 6 nitrogen and oxygen atoms in total. The van der Waals surface area contributed by atoms with Gasteiger partial charge in [0, 0.05) is 18.8 Å². The fraction of sp³-hybridized carbons (Fsp3) is 0.533. The quantitative estimate of drug-likeness (QED) is 0.255. The van der Waals surface area contributed by atoms with Crippen molar-refractivity contribution < 1.29 is 8.42 Å². The molecule has 23 heavy (non-hydrogen) atoms. The van der Waals surface area contributed by atoms with Gasteiger partial charge in [-0.3, -0.25) is 4.99 Å². The largest absolute Gasteiger partial charge is 0.370 e. The number of rotatable bonds is 7. The molecule has 0 spiro atoms. The van der Waals surface area contributed by atoms with Gasteiger partial charge < -0.3 is 11.1 Å². The van der Waals surface area contributed by atoms with Crippen LogP contribution in [0.2, 0.25) is 0 Å². The Kier molecular flexibility index (Phi) is 8.27. The van der Waals surface area contributed by atoms with E-state index in [1.165, 1.54) is 17.5 Å². The first-order chi connectivity index (χ1) is 10.5. The highest BCUT2D eigenvalue weighted by atomic mass is 127. The molecule has 0 bridgehead atoms. The lowest BCUT2D eigenvalue weighted by Gasteiger charge is -2.08. The average molecular weight is 452 g/mol. The Balaban J connectivity index is 0.00000264. The predicted octanol–water partition coefficient (Wildman–Crippen LogP) is 1.85. The molecular formula is C15H25IN4O2S. The second kappa shape index (κ2) is 9.43. The van der Waals surface area contributed by atoms with Crippen LogP contribution < -0.4 is 15.8 Å². The van der Waals surface area contributed by atoms with E-state index in [1.54, 1.807) is 6.92 Å². The van der Waals surface area contributed by atoms with E-state index in [0.717, 1.165) is 18.5 Å². The van der Waals surface area contributed by atoms with Crippen LogP contribution in [0.5, 0.6) is 0 Å². The Morgan fingerprint density at radius 1 is 1.30 bits per heavy atom. The Labute approximate surface area is 155 Å². The molecule has 1 aliphatic carbocycles. The third-order valence-corrected chi connectivity index (χ3v) is 5.09. The van der Waals surface area contributed by atoms with E-state index in [0.29, 0.717) is 25.5 Å². The molecule has 0 amide bonds. The fourth-order valence-corrected chi connectivity index (χ4v) is 3.10. The van der Waals surface area contributed by atoms with E-state index in [9.17, 15) is 8.42 Å². The van der Waals surface area contributed by atoms with Gasteiger partial charge in [-0.1, -0.05) is 6.07 Å². The summed E-state index contributed by atoms with van der Waals surface area (Å²) in [5.74, 6) is 0.453. The standard InChI is InChI=1S/C15H24N4O2S.HI/c1-2-22(20,21)18-10-4-9-17-15(16)19-14-8-7-12-5-3-6-13(12)11-14;/h7-8,11,18H,2-6,9-10H2,1H3,(H3,16,17,19);1H. The average Bonchev–Trinajstić information content (AvgIpc) is 2.94. The number of halogens is 1. The second-order valence-electron chi connectivity index (χ2n) is 5.38. The molecule has 0 aliphatic heterocycles. The molecule has 0 heterocycles. The Hall–Kier alpha value is -0.870. The van der Waals surface area contributed by atoms with E-state index >= 15 is 0 Å². The number of nitrogens with one attached hydrogen (secondary N) is 2. The molecule has 0 radical (unpaired) electrons. The minimum atomic E-state index is -3.12. The number of aryl methyl sites for hydroxylation is 2. The fourth-order valence-electron chi connectivity index (χ4n) is 2.45. The van der Waals surface area contributed by atoms with Gasteiger partial charge in [-0.15, -0.1) is 24.0 Å². The maximum atomic E-state index is 11.2. The summed E-state index contributed by atoms with van der Waals surface area (Å²) in [7, 11) is -3.12. The molecule has 0 unspecified atom stereocenters. The lowest BCUT2D eigenvalue weighted by Crippen LogP contribution is -2.27. The van der Waals surface area contributed by atoms with Crippen LogP contribution in [-0.4, -0.2) is 33.2 Å². The molecule has 8 heteroatoms. The summed E-state index contributed by atoms with van der Waals surface area (Å²) in [5, 5.41) is 3.08. The Morgan fingerprint density at radius 3 is 2.78 bits per heavy atom. The van der Waals surface area contributed by atoms with Crippen LogP contribution in [0.1, 0.15) is 30.9 Å². The van der Waals surface area contributed by atoms with E-state index in [1.807, 2.05) is 6.07 Å². The van der Waals surface area contributed by atoms with Crippen LogP contribution in [0.4, 0.5) is 5.69 Å². The van der Waals surface area contributed by atoms with Crippen molar-refractivity contribution in [3.05, 3.63) is 29.3 Å². The molecule has 0 atom stereocenters. The zero-order valence-electron chi connectivity index (χ0n) is 13.3. The Morgan fingerprint density at radius 2 is 2.04 bits per heavy atom. The van der Waals surface area contributed by atoms with Gasteiger partial charge in [0.1, 0.15) is 0 Å². The first-order valence-corrected chi connectivity index (χ1v) is 9.31. The number of nitrogens with two attached hydrogens (primary N) is 1. The molecule has 2 rings (SSSR count). The Bertz CT molecular complexity index is 647. The lowest BCUT2D eigenvalue weighted by molar-refractivity contribution is 0.581. The van der Waals surface area contributed by atoms with Gasteiger partial charge in [0.15, 0.2) is 5.96 Å². The highest BCUT2D eigenvalue weighted by molar-refractivity contribution is 14.0. The van der Waals surface area contributed by atoms with Crippen molar-refractivity contribution >= 4 is 45.6 Å². The number of benzene rings is 1. The maximum Gasteiger partial charge on any atom is 0.211 e.